The van der Waals surface area contributed by atoms with Crippen molar-refractivity contribution in [3.05, 3.63) is 24.3 Å². The number of amides is 1. The van der Waals surface area contributed by atoms with Gasteiger partial charge < -0.3 is 15.8 Å². The Morgan fingerprint density at radius 2 is 2.22 bits per heavy atom. The lowest BCUT2D eigenvalue weighted by Gasteiger charge is -2.09. The Morgan fingerprint density at radius 3 is 2.78 bits per heavy atom. The summed E-state index contributed by atoms with van der Waals surface area (Å²) < 4.78 is 5.27. The van der Waals surface area contributed by atoms with Gasteiger partial charge in [-0.1, -0.05) is 0 Å². The van der Waals surface area contributed by atoms with E-state index in [1.165, 1.54) is 6.92 Å². The monoisotopic (exact) mass is 246 g/mol. The number of carbonyl (C=O) groups excluding carboxylic acids is 1. The Hall–Kier alpha value is -2.50. The van der Waals surface area contributed by atoms with Crippen LogP contribution in [0.3, 0.4) is 0 Å². The summed E-state index contributed by atoms with van der Waals surface area (Å²) in [4.78, 5) is 11.0. The van der Waals surface area contributed by atoms with E-state index in [0.717, 1.165) is 11.3 Å². The first-order valence-corrected chi connectivity index (χ1v) is 5.37. The Labute approximate surface area is 104 Å². The molecule has 1 heterocycles. The van der Waals surface area contributed by atoms with Crippen LogP contribution in [0.4, 0.5) is 11.5 Å². The fourth-order valence-electron chi connectivity index (χ4n) is 1.67. The van der Waals surface area contributed by atoms with E-state index in [-0.39, 0.29) is 5.91 Å². The summed E-state index contributed by atoms with van der Waals surface area (Å²) in [7, 11) is 1.58. The number of benzene rings is 1. The molecule has 1 amide bonds. The second kappa shape index (κ2) is 4.79. The molecule has 6 heteroatoms. The highest BCUT2D eigenvalue weighted by atomic mass is 16.5. The van der Waals surface area contributed by atoms with Crippen LogP contribution in [0.2, 0.25) is 0 Å². The Morgan fingerprint density at radius 1 is 1.44 bits per heavy atom. The molecule has 18 heavy (non-hydrogen) atoms. The predicted octanol–water partition coefficient (Wildman–Crippen LogP) is 1.63. The fourth-order valence-corrected chi connectivity index (χ4v) is 1.67. The first-order chi connectivity index (χ1) is 8.60. The molecule has 0 aliphatic carbocycles. The summed E-state index contributed by atoms with van der Waals surface area (Å²) in [5.74, 6) is 0.944. The quantitative estimate of drug-likeness (QED) is 0.767. The van der Waals surface area contributed by atoms with Gasteiger partial charge in [0.05, 0.1) is 12.8 Å². The van der Waals surface area contributed by atoms with Crippen LogP contribution in [0.15, 0.2) is 24.3 Å². The molecular formula is C12H14N4O2. The van der Waals surface area contributed by atoms with Crippen molar-refractivity contribution in [2.45, 2.75) is 6.92 Å². The Bertz CT molecular complexity index is 577. The van der Waals surface area contributed by atoms with Crippen LogP contribution in [0, 0.1) is 0 Å². The van der Waals surface area contributed by atoms with Crippen LogP contribution in [0.5, 0.6) is 5.75 Å². The van der Waals surface area contributed by atoms with Crippen LogP contribution in [0.1, 0.15) is 6.92 Å². The molecule has 94 valence electrons. The second-order valence-corrected chi connectivity index (χ2v) is 3.80. The number of rotatable bonds is 3. The van der Waals surface area contributed by atoms with Crippen molar-refractivity contribution < 1.29 is 9.53 Å². The number of nitrogen functional groups attached to an aromatic ring is 1. The molecular weight excluding hydrogens is 232 g/mol. The predicted molar refractivity (Wildman–Crippen MR) is 69.3 cm³/mol. The van der Waals surface area contributed by atoms with Gasteiger partial charge in [-0.05, 0) is 18.2 Å². The Balaban J connectivity index is 2.45. The fraction of sp³-hybridized carbons (Fsp3) is 0.167. The van der Waals surface area contributed by atoms with E-state index in [9.17, 15) is 4.79 Å². The number of anilines is 2. The van der Waals surface area contributed by atoms with E-state index < -0.39 is 0 Å². The molecule has 2 aromatic rings. The SMILES string of the molecule is COc1ccc(NC(C)=O)cc1-c1cc(N)n[nH]1. The van der Waals surface area contributed by atoms with Crippen LogP contribution < -0.4 is 15.8 Å². The number of nitrogens with zero attached hydrogens (tertiary/aromatic N) is 1. The summed E-state index contributed by atoms with van der Waals surface area (Å²) in [6.45, 7) is 1.46. The largest absolute Gasteiger partial charge is 0.496 e. The molecule has 0 saturated heterocycles. The molecule has 0 unspecified atom stereocenters. The third-order valence-corrected chi connectivity index (χ3v) is 2.41. The van der Waals surface area contributed by atoms with Crippen LogP contribution in [-0.4, -0.2) is 23.2 Å². The number of aromatic amines is 1. The maximum atomic E-state index is 11.0. The molecule has 1 aromatic heterocycles. The van der Waals surface area contributed by atoms with Gasteiger partial charge >= 0.3 is 0 Å². The molecule has 1 aromatic carbocycles. The number of methoxy groups -OCH3 is 1. The highest BCUT2D eigenvalue weighted by Crippen LogP contribution is 2.31. The number of ether oxygens (including phenoxy) is 1. The summed E-state index contributed by atoms with van der Waals surface area (Å²) >= 11 is 0. The van der Waals surface area contributed by atoms with Crippen molar-refractivity contribution in [1.29, 1.82) is 0 Å². The number of hydrogen-bond donors (Lipinski definition) is 3. The third kappa shape index (κ3) is 2.42. The first-order valence-electron chi connectivity index (χ1n) is 5.37. The van der Waals surface area contributed by atoms with Crippen LogP contribution in [-0.2, 0) is 4.79 Å². The normalized spacial score (nSPS) is 10.1. The number of nitrogens with two attached hydrogens (primary N) is 1. The zero-order chi connectivity index (χ0) is 13.1. The number of aromatic nitrogens is 2. The highest BCUT2D eigenvalue weighted by Gasteiger charge is 2.10. The van der Waals surface area contributed by atoms with Gasteiger partial charge in [-0.3, -0.25) is 9.89 Å². The van der Waals surface area contributed by atoms with E-state index in [4.69, 9.17) is 10.5 Å². The van der Waals surface area contributed by atoms with Gasteiger partial charge in [0.25, 0.3) is 0 Å². The third-order valence-electron chi connectivity index (χ3n) is 2.41. The number of H-pyrrole nitrogens is 1. The van der Waals surface area contributed by atoms with Gasteiger partial charge in [0, 0.05) is 24.2 Å². The number of hydrogen-bond acceptors (Lipinski definition) is 4. The second-order valence-electron chi connectivity index (χ2n) is 3.80. The van der Waals surface area contributed by atoms with Crippen molar-refractivity contribution in [1.82, 2.24) is 10.2 Å². The summed E-state index contributed by atoms with van der Waals surface area (Å²) in [6.07, 6.45) is 0. The molecule has 0 aliphatic heterocycles. The summed E-state index contributed by atoms with van der Waals surface area (Å²) in [5.41, 5.74) is 7.78. The zero-order valence-corrected chi connectivity index (χ0v) is 10.2. The molecule has 6 nitrogen and oxygen atoms in total. The maximum Gasteiger partial charge on any atom is 0.221 e. The lowest BCUT2D eigenvalue weighted by molar-refractivity contribution is -0.114. The first kappa shape index (κ1) is 12.0. The van der Waals surface area contributed by atoms with E-state index in [1.54, 1.807) is 31.4 Å². The van der Waals surface area contributed by atoms with Gasteiger partial charge in [-0.25, -0.2) is 0 Å². The number of carbonyl (C=O) groups is 1. The van der Waals surface area contributed by atoms with Crippen molar-refractivity contribution in [2.75, 3.05) is 18.2 Å². The molecule has 0 saturated carbocycles. The molecule has 4 N–H and O–H groups in total. The van der Waals surface area contributed by atoms with Gasteiger partial charge in [0.2, 0.25) is 5.91 Å². The van der Waals surface area contributed by atoms with E-state index in [0.29, 0.717) is 17.3 Å². The smallest absolute Gasteiger partial charge is 0.221 e. The van der Waals surface area contributed by atoms with Crippen LogP contribution in [0.25, 0.3) is 11.3 Å². The Kier molecular flexibility index (Phi) is 3.18. The minimum atomic E-state index is -0.129. The van der Waals surface area contributed by atoms with Gasteiger partial charge in [-0.2, -0.15) is 5.10 Å². The highest BCUT2D eigenvalue weighted by molar-refractivity contribution is 5.90. The molecule has 0 aliphatic rings. The summed E-state index contributed by atoms with van der Waals surface area (Å²) in [6, 6.07) is 7.05. The topological polar surface area (TPSA) is 93.0 Å². The van der Waals surface area contributed by atoms with Crippen LogP contribution >= 0.6 is 0 Å². The van der Waals surface area contributed by atoms with E-state index >= 15 is 0 Å². The molecule has 0 radical (unpaired) electrons. The van der Waals surface area contributed by atoms with Gasteiger partial charge in [0.1, 0.15) is 11.6 Å². The average molecular weight is 246 g/mol. The summed E-state index contributed by atoms with van der Waals surface area (Å²) in [5, 5.41) is 9.39. The molecule has 2 rings (SSSR count). The van der Waals surface area contributed by atoms with Crippen molar-refractivity contribution in [3.63, 3.8) is 0 Å². The van der Waals surface area contributed by atoms with E-state index in [1.807, 2.05) is 0 Å². The molecule has 0 spiro atoms. The molecule has 0 fully saturated rings. The zero-order valence-electron chi connectivity index (χ0n) is 10.2. The average Bonchev–Trinajstić information content (AvgIpc) is 2.75. The number of nitrogens with one attached hydrogen (secondary N) is 2. The van der Waals surface area contributed by atoms with Gasteiger partial charge in [0.15, 0.2) is 0 Å². The van der Waals surface area contributed by atoms with E-state index in [2.05, 4.69) is 15.5 Å². The maximum absolute atomic E-state index is 11.0. The van der Waals surface area contributed by atoms with Crippen molar-refractivity contribution in [2.24, 2.45) is 0 Å². The molecule has 0 atom stereocenters. The lowest BCUT2D eigenvalue weighted by Crippen LogP contribution is -2.05. The lowest BCUT2D eigenvalue weighted by atomic mass is 10.1. The van der Waals surface area contributed by atoms with Crippen molar-refractivity contribution >= 4 is 17.4 Å². The minimum Gasteiger partial charge on any atom is -0.496 e. The standard InChI is InChI=1S/C12H14N4O2/c1-7(17)14-8-3-4-11(18-2)9(5-8)10-6-12(13)16-15-10/h3-6H,1-2H3,(H,14,17)(H3,13,15,16). The van der Waals surface area contributed by atoms with Crippen molar-refractivity contribution in [3.8, 4) is 17.0 Å². The van der Waals surface area contributed by atoms with Gasteiger partial charge in [-0.15, -0.1) is 0 Å². The minimum absolute atomic E-state index is 0.129. The molecule has 0 bridgehead atoms.